The summed E-state index contributed by atoms with van der Waals surface area (Å²) in [5.74, 6) is 1.87. The van der Waals surface area contributed by atoms with E-state index in [1.54, 1.807) is 0 Å². The molecule has 16 heavy (non-hydrogen) atoms. The lowest BCUT2D eigenvalue weighted by Gasteiger charge is -2.15. The van der Waals surface area contributed by atoms with Crippen LogP contribution in [0.5, 0.6) is 0 Å². The molecule has 0 saturated heterocycles. The van der Waals surface area contributed by atoms with E-state index in [0.29, 0.717) is 6.04 Å². The van der Waals surface area contributed by atoms with Crippen LogP contribution < -0.4 is 5.32 Å². The molecule has 0 aromatic heterocycles. The fourth-order valence-corrected chi connectivity index (χ4v) is 2.16. The molecule has 88 valence electrons. The van der Waals surface area contributed by atoms with Crippen LogP contribution in [0.1, 0.15) is 43.0 Å². The third-order valence-electron chi connectivity index (χ3n) is 3.99. The molecule has 0 radical (unpaired) electrons. The lowest BCUT2D eigenvalue weighted by Crippen LogP contribution is -2.21. The van der Waals surface area contributed by atoms with E-state index in [1.807, 2.05) is 0 Å². The molecule has 1 aliphatic rings. The van der Waals surface area contributed by atoms with Crippen molar-refractivity contribution >= 4 is 0 Å². The highest BCUT2D eigenvalue weighted by Crippen LogP contribution is 2.37. The Morgan fingerprint density at radius 2 is 2.00 bits per heavy atom. The first-order valence-corrected chi connectivity index (χ1v) is 6.38. The first kappa shape index (κ1) is 11.7. The maximum Gasteiger partial charge on any atom is 0.0292 e. The van der Waals surface area contributed by atoms with Crippen molar-refractivity contribution in [1.82, 2.24) is 5.32 Å². The Kier molecular flexibility index (Phi) is 3.34. The molecule has 3 atom stereocenters. The molecule has 0 spiro atoms. The van der Waals surface area contributed by atoms with E-state index in [4.69, 9.17) is 0 Å². The van der Waals surface area contributed by atoms with E-state index < -0.39 is 0 Å². The molecule has 1 heteroatoms. The average molecular weight is 217 g/mol. The minimum atomic E-state index is 0.479. The number of aryl methyl sites for hydroxylation is 2. The fraction of sp³-hybridized carbons (Fsp3) is 0.600. The van der Waals surface area contributed by atoms with Gasteiger partial charge in [0, 0.05) is 6.04 Å². The van der Waals surface area contributed by atoms with Crippen LogP contribution in [-0.2, 0) is 0 Å². The van der Waals surface area contributed by atoms with Gasteiger partial charge < -0.3 is 5.32 Å². The summed E-state index contributed by atoms with van der Waals surface area (Å²) in [5, 5.41) is 3.64. The van der Waals surface area contributed by atoms with Gasteiger partial charge in [-0.05, 0) is 62.3 Å². The monoisotopic (exact) mass is 217 g/mol. The Morgan fingerprint density at radius 3 is 2.56 bits per heavy atom. The van der Waals surface area contributed by atoms with Crippen LogP contribution in [0, 0.1) is 25.7 Å². The highest BCUT2D eigenvalue weighted by atomic mass is 14.9. The third kappa shape index (κ3) is 2.65. The molecule has 0 aliphatic heterocycles. The van der Waals surface area contributed by atoms with Gasteiger partial charge in [-0.15, -0.1) is 0 Å². The summed E-state index contributed by atoms with van der Waals surface area (Å²) in [5.41, 5.74) is 4.19. The maximum atomic E-state index is 3.64. The van der Waals surface area contributed by atoms with Gasteiger partial charge in [0.25, 0.3) is 0 Å². The van der Waals surface area contributed by atoms with Crippen LogP contribution >= 0.6 is 0 Å². The van der Waals surface area contributed by atoms with Gasteiger partial charge in [0.2, 0.25) is 0 Å². The number of nitrogens with one attached hydrogen (secondary N) is 1. The molecule has 1 aliphatic carbocycles. The molecule has 1 N–H and O–H groups in total. The summed E-state index contributed by atoms with van der Waals surface area (Å²) in [7, 11) is 0. The topological polar surface area (TPSA) is 12.0 Å². The maximum absolute atomic E-state index is 3.64. The van der Waals surface area contributed by atoms with Gasteiger partial charge in [-0.2, -0.15) is 0 Å². The first-order valence-electron chi connectivity index (χ1n) is 6.38. The van der Waals surface area contributed by atoms with E-state index in [9.17, 15) is 0 Å². The second-order valence-electron chi connectivity index (χ2n) is 5.45. The number of benzene rings is 1. The molecule has 1 aromatic carbocycles. The Bertz CT molecular complexity index is 370. The van der Waals surface area contributed by atoms with Crippen molar-refractivity contribution in [3.05, 3.63) is 34.9 Å². The molecule has 1 nitrogen and oxygen atoms in total. The average Bonchev–Trinajstić information content (AvgIpc) is 2.95. The normalized spacial score (nSPS) is 25.5. The van der Waals surface area contributed by atoms with Crippen LogP contribution in [0.25, 0.3) is 0 Å². The zero-order chi connectivity index (χ0) is 11.7. The van der Waals surface area contributed by atoms with Crippen LogP contribution in [0.4, 0.5) is 0 Å². The van der Waals surface area contributed by atoms with Gasteiger partial charge >= 0.3 is 0 Å². The summed E-state index contributed by atoms with van der Waals surface area (Å²) in [4.78, 5) is 0. The standard InChI is InChI=1S/C15H23N/c1-10-5-6-14(7-11(10)2)13(4)16-9-15-8-12(15)3/h5-7,12-13,15-16H,8-9H2,1-4H3. The van der Waals surface area contributed by atoms with E-state index in [1.165, 1.54) is 29.7 Å². The van der Waals surface area contributed by atoms with Crippen LogP contribution in [0.15, 0.2) is 18.2 Å². The van der Waals surface area contributed by atoms with Crippen molar-refractivity contribution in [2.75, 3.05) is 6.54 Å². The summed E-state index contributed by atoms with van der Waals surface area (Å²) in [6.07, 6.45) is 1.41. The predicted octanol–water partition coefficient (Wildman–Crippen LogP) is 3.61. The largest absolute Gasteiger partial charge is 0.310 e. The van der Waals surface area contributed by atoms with Gasteiger partial charge in [-0.1, -0.05) is 25.1 Å². The summed E-state index contributed by atoms with van der Waals surface area (Å²) >= 11 is 0. The van der Waals surface area contributed by atoms with Crippen molar-refractivity contribution in [3.8, 4) is 0 Å². The molecule has 0 amide bonds. The van der Waals surface area contributed by atoms with Crippen molar-refractivity contribution < 1.29 is 0 Å². The molecule has 1 saturated carbocycles. The smallest absolute Gasteiger partial charge is 0.0292 e. The predicted molar refractivity (Wildman–Crippen MR) is 69.6 cm³/mol. The molecule has 0 bridgehead atoms. The summed E-state index contributed by atoms with van der Waals surface area (Å²) < 4.78 is 0. The SMILES string of the molecule is Cc1ccc(C(C)NCC2CC2C)cc1C. The van der Waals surface area contributed by atoms with Crippen LogP contribution in [0.3, 0.4) is 0 Å². The zero-order valence-corrected chi connectivity index (χ0v) is 10.9. The minimum Gasteiger partial charge on any atom is -0.310 e. The lowest BCUT2D eigenvalue weighted by atomic mass is 10.0. The van der Waals surface area contributed by atoms with Gasteiger partial charge in [-0.3, -0.25) is 0 Å². The Hall–Kier alpha value is -0.820. The molecule has 1 fully saturated rings. The van der Waals surface area contributed by atoms with Crippen LogP contribution in [-0.4, -0.2) is 6.54 Å². The second-order valence-corrected chi connectivity index (χ2v) is 5.45. The van der Waals surface area contributed by atoms with E-state index in [2.05, 4.69) is 51.2 Å². The van der Waals surface area contributed by atoms with Crippen molar-refractivity contribution in [1.29, 1.82) is 0 Å². The van der Waals surface area contributed by atoms with Crippen LogP contribution in [0.2, 0.25) is 0 Å². The van der Waals surface area contributed by atoms with Crippen molar-refractivity contribution in [3.63, 3.8) is 0 Å². The Balaban J connectivity index is 1.92. The van der Waals surface area contributed by atoms with Crippen molar-refractivity contribution in [2.45, 2.75) is 40.2 Å². The number of hydrogen-bond donors (Lipinski definition) is 1. The highest BCUT2D eigenvalue weighted by molar-refractivity contribution is 5.31. The molecule has 2 rings (SSSR count). The van der Waals surface area contributed by atoms with E-state index in [-0.39, 0.29) is 0 Å². The number of rotatable bonds is 4. The zero-order valence-electron chi connectivity index (χ0n) is 10.9. The minimum absolute atomic E-state index is 0.479. The van der Waals surface area contributed by atoms with Gasteiger partial charge in [0.05, 0.1) is 0 Å². The third-order valence-corrected chi connectivity index (χ3v) is 3.99. The molecular weight excluding hydrogens is 194 g/mol. The quantitative estimate of drug-likeness (QED) is 0.812. The second kappa shape index (κ2) is 4.58. The van der Waals surface area contributed by atoms with Gasteiger partial charge in [0.15, 0.2) is 0 Å². The van der Waals surface area contributed by atoms with E-state index in [0.717, 1.165) is 11.8 Å². The summed E-state index contributed by atoms with van der Waals surface area (Å²) in [6, 6.07) is 7.26. The van der Waals surface area contributed by atoms with E-state index >= 15 is 0 Å². The Labute approximate surface area is 99.3 Å². The highest BCUT2D eigenvalue weighted by Gasteiger charge is 2.32. The summed E-state index contributed by atoms with van der Waals surface area (Å²) in [6.45, 7) is 10.1. The fourth-order valence-electron chi connectivity index (χ4n) is 2.16. The molecule has 0 heterocycles. The first-order chi connectivity index (χ1) is 7.58. The lowest BCUT2D eigenvalue weighted by molar-refractivity contribution is 0.535. The molecular formula is C15H23N. The molecule has 3 unspecified atom stereocenters. The Morgan fingerprint density at radius 1 is 1.31 bits per heavy atom. The van der Waals surface area contributed by atoms with Gasteiger partial charge in [-0.25, -0.2) is 0 Å². The molecule has 1 aromatic rings. The van der Waals surface area contributed by atoms with Gasteiger partial charge in [0.1, 0.15) is 0 Å². The van der Waals surface area contributed by atoms with Crippen molar-refractivity contribution in [2.24, 2.45) is 11.8 Å². The number of hydrogen-bond acceptors (Lipinski definition) is 1.